The van der Waals surface area contributed by atoms with E-state index in [0.717, 1.165) is 9.04 Å². The number of carboxylic acid groups (broad SMARTS) is 1. The summed E-state index contributed by atoms with van der Waals surface area (Å²) < 4.78 is 1.81. The Morgan fingerprint density at radius 2 is 2.13 bits per heavy atom. The minimum atomic E-state index is -1.16. The standard InChI is InChI=1S/C10H6BrNO3/c11-7-1-2-9-6(3-7)4-8(5-13)12(9)10(14)15/h1-5H,(H,14,15). The van der Waals surface area contributed by atoms with Crippen molar-refractivity contribution in [2.45, 2.75) is 0 Å². The first-order valence-electron chi connectivity index (χ1n) is 4.13. The Bertz CT molecular complexity index is 559. The summed E-state index contributed by atoms with van der Waals surface area (Å²) in [7, 11) is 0. The average Bonchev–Trinajstić information content (AvgIpc) is 2.54. The van der Waals surface area contributed by atoms with Crippen molar-refractivity contribution >= 4 is 39.2 Å². The largest absolute Gasteiger partial charge is 0.464 e. The van der Waals surface area contributed by atoms with Gasteiger partial charge in [0.05, 0.1) is 11.2 Å². The topological polar surface area (TPSA) is 59.3 Å². The molecule has 0 amide bonds. The van der Waals surface area contributed by atoms with Gasteiger partial charge in [0.25, 0.3) is 0 Å². The lowest BCUT2D eigenvalue weighted by molar-refractivity contribution is 0.111. The molecule has 76 valence electrons. The molecule has 0 unspecified atom stereocenters. The van der Waals surface area contributed by atoms with Crippen molar-refractivity contribution in [3.05, 3.63) is 34.4 Å². The van der Waals surface area contributed by atoms with Crippen LogP contribution < -0.4 is 0 Å². The van der Waals surface area contributed by atoms with Crippen LogP contribution in [0.3, 0.4) is 0 Å². The summed E-state index contributed by atoms with van der Waals surface area (Å²) in [6, 6.07) is 6.69. The molecule has 0 atom stereocenters. The molecule has 5 heteroatoms. The van der Waals surface area contributed by atoms with Crippen molar-refractivity contribution in [1.82, 2.24) is 4.57 Å². The second-order valence-corrected chi connectivity index (χ2v) is 3.92. The van der Waals surface area contributed by atoms with Crippen LogP contribution in [0.1, 0.15) is 10.5 Å². The van der Waals surface area contributed by atoms with Crippen molar-refractivity contribution < 1.29 is 14.7 Å². The highest BCUT2D eigenvalue weighted by Crippen LogP contribution is 2.22. The Morgan fingerprint density at radius 1 is 1.40 bits per heavy atom. The lowest BCUT2D eigenvalue weighted by atomic mass is 10.2. The fraction of sp³-hybridized carbons (Fsp3) is 0. The molecule has 0 fully saturated rings. The molecule has 2 aromatic rings. The maximum atomic E-state index is 10.9. The number of aldehydes is 1. The van der Waals surface area contributed by atoms with Gasteiger partial charge in [0, 0.05) is 9.86 Å². The van der Waals surface area contributed by atoms with Crippen LogP contribution in [0, 0.1) is 0 Å². The van der Waals surface area contributed by atoms with Crippen molar-refractivity contribution in [2.24, 2.45) is 0 Å². The van der Waals surface area contributed by atoms with Gasteiger partial charge in [-0.05, 0) is 24.3 Å². The zero-order chi connectivity index (χ0) is 11.0. The van der Waals surface area contributed by atoms with Crippen LogP contribution in [0.25, 0.3) is 10.9 Å². The molecule has 1 N–H and O–H groups in total. The summed E-state index contributed by atoms with van der Waals surface area (Å²) >= 11 is 3.28. The highest BCUT2D eigenvalue weighted by molar-refractivity contribution is 9.10. The van der Waals surface area contributed by atoms with Crippen molar-refractivity contribution in [3.8, 4) is 0 Å². The van der Waals surface area contributed by atoms with E-state index in [4.69, 9.17) is 5.11 Å². The minimum absolute atomic E-state index is 0.135. The van der Waals surface area contributed by atoms with Crippen LogP contribution in [0.5, 0.6) is 0 Å². The quantitative estimate of drug-likeness (QED) is 0.809. The fourth-order valence-electron chi connectivity index (χ4n) is 1.51. The van der Waals surface area contributed by atoms with E-state index in [2.05, 4.69) is 15.9 Å². The first-order valence-corrected chi connectivity index (χ1v) is 4.92. The van der Waals surface area contributed by atoms with Gasteiger partial charge in [-0.2, -0.15) is 0 Å². The summed E-state index contributed by atoms with van der Waals surface area (Å²) in [5.74, 6) is 0. The molecule has 0 saturated carbocycles. The maximum absolute atomic E-state index is 10.9. The zero-order valence-electron chi connectivity index (χ0n) is 7.48. The van der Waals surface area contributed by atoms with Crippen molar-refractivity contribution in [2.75, 3.05) is 0 Å². The van der Waals surface area contributed by atoms with E-state index in [0.29, 0.717) is 17.2 Å². The van der Waals surface area contributed by atoms with Gasteiger partial charge in [0.2, 0.25) is 0 Å². The Balaban J connectivity index is 2.86. The van der Waals surface area contributed by atoms with E-state index < -0.39 is 6.09 Å². The van der Waals surface area contributed by atoms with E-state index in [1.807, 2.05) is 0 Å². The minimum Gasteiger partial charge on any atom is -0.464 e. The maximum Gasteiger partial charge on any atom is 0.416 e. The Labute approximate surface area is 93.2 Å². The molecule has 1 aromatic heterocycles. The summed E-state index contributed by atoms with van der Waals surface area (Å²) in [6.07, 6.45) is -0.628. The van der Waals surface area contributed by atoms with Crippen LogP contribution in [0.15, 0.2) is 28.7 Å². The number of carbonyl (C=O) groups is 2. The average molecular weight is 268 g/mol. The van der Waals surface area contributed by atoms with Crippen LogP contribution in [0.4, 0.5) is 4.79 Å². The predicted octanol–water partition coefficient (Wildman–Crippen LogP) is 2.74. The van der Waals surface area contributed by atoms with E-state index in [9.17, 15) is 9.59 Å². The second-order valence-electron chi connectivity index (χ2n) is 3.01. The monoisotopic (exact) mass is 267 g/mol. The molecule has 0 aliphatic carbocycles. The summed E-state index contributed by atoms with van der Waals surface area (Å²) in [4.78, 5) is 21.6. The highest BCUT2D eigenvalue weighted by atomic mass is 79.9. The molecule has 0 radical (unpaired) electrons. The van der Waals surface area contributed by atoms with E-state index in [1.54, 1.807) is 24.3 Å². The predicted molar refractivity (Wildman–Crippen MR) is 58.4 cm³/mol. The van der Waals surface area contributed by atoms with Gasteiger partial charge in [0.15, 0.2) is 6.29 Å². The molecule has 0 spiro atoms. The van der Waals surface area contributed by atoms with Crippen LogP contribution >= 0.6 is 15.9 Å². The molecule has 4 nitrogen and oxygen atoms in total. The molecule has 2 rings (SSSR count). The lowest BCUT2D eigenvalue weighted by Gasteiger charge is -1.99. The molecular weight excluding hydrogens is 262 g/mol. The Hall–Kier alpha value is -1.62. The number of halogens is 1. The van der Waals surface area contributed by atoms with Gasteiger partial charge in [-0.3, -0.25) is 4.79 Å². The number of rotatable bonds is 1. The number of hydrogen-bond donors (Lipinski definition) is 1. The first-order chi connectivity index (χ1) is 7.13. The zero-order valence-corrected chi connectivity index (χ0v) is 9.06. The summed E-state index contributed by atoms with van der Waals surface area (Å²) in [6.45, 7) is 0. The Morgan fingerprint density at radius 3 is 2.73 bits per heavy atom. The Kier molecular flexibility index (Phi) is 2.32. The van der Waals surface area contributed by atoms with Crippen LogP contribution in [-0.4, -0.2) is 22.1 Å². The lowest BCUT2D eigenvalue weighted by Crippen LogP contribution is -2.10. The number of carbonyl (C=O) groups excluding carboxylic acids is 1. The van der Waals surface area contributed by atoms with Gasteiger partial charge in [-0.1, -0.05) is 15.9 Å². The molecule has 0 aliphatic heterocycles. The number of aromatic nitrogens is 1. The molecule has 0 bridgehead atoms. The third-order valence-corrected chi connectivity index (χ3v) is 2.60. The molecular formula is C10H6BrNO3. The molecule has 0 aliphatic rings. The van der Waals surface area contributed by atoms with Gasteiger partial charge < -0.3 is 5.11 Å². The van der Waals surface area contributed by atoms with Gasteiger partial charge in [-0.25, -0.2) is 9.36 Å². The fourth-order valence-corrected chi connectivity index (χ4v) is 1.89. The molecule has 1 aromatic carbocycles. The molecule has 15 heavy (non-hydrogen) atoms. The third kappa shape index (κ3) is 1.55. The molecule has 0 saturated heterocycles. The first kappa shape index (κ1) is 9.92. The highest BCUT2D eigenvalue weighted by Gasteiger charge is 2.13. The number of benzene rings is 1. The van der Waals surface area contributed by atoms with Gasteiger partial charge in [-0.15, -0.1) is 0 Å². The van der Waals surface area contributed by atoms with E-state index in [1.165, 1.54) is 0 Å². The number of fused-ring (bicyclic) bond motifs is 1. The second kappa shape index (κ2) is 3.51. The van der Waals surface area contributed by atoms with Crippen molar-refractivity contribution in [1.29, 1.82) is 0 Å². The summed E-state index contributed by atoms with van der Waals surface area (Å²) in [5, 5.41) is 9.66. The van der Waals surface area contributed by atoms with Crippen molar-refractivity contribution in [3.63, 3.8) is 0 Å². The van der Waals surface area contributed by atoms with Crippen LogP contribution in [-0.2, 0) is 0 Å². The number of hydrogen-bond acceptors (Lipinski definition) is 2. The molecule has 1 heterocycles. The smallest absolute Gasteiger partial charge is 0.416 e. The number of nitrogens with zero attached hydrogens (tertiary/aromatic N) is 1. The SMILES string of the molecule is O=Cc1cc2cc(Br)ccc2n1C(=O)O. The van der Waals surface area contributed by atoms with E-state index in [-0.39, 0.29) is 5.69 Å². The normalized spacial score (nSPS) is 10.5. The van der Waals surface area contributed by atoms with Gasteiger partial charge >= 0.3 is 6.09 Å². The van der Waals surface area contributed by atoms with Gasteiger partial charge in [0.1, 0.15) is 0 Å². The summed E-state index contributed by atoms with van der Waals surface area (Å²) in [5.41, 5.74) is 0.642. The van der Waals surface area contributed by atoms with Crippen LogP contribution in [0.2, 0.25) is 0 Å². The third-order valence-electron chi connectivity index (χ3n) is 2.10. The van der Waals surface area contributed by atoms with E-state index >= 15 is 0 Å².